The van der Waals surface area contributed by atoms with Crippen LogP contribution in [0.4, 0.5) is 0 Å². The molecule has 4 heterocycles. The molecular formula is C24H24N2O6. The van der Waals surface area contributed by atoms with E-state index in [-0.39, 0.29) is 23.8 Å². The molecule has 2 aromatic heterocycles. The number of pyridine rings is 2. The Hall–Kier alpha value is -3.13. The lowest BCUT2D eigenvalue weighted by atomic mass is 9.79. The van der Waals surface area contributed by atoms with E-state index in [1.54, 1.807) is 36.9 Å². The van der Waals surface area contributed by atoms with Gasteiger partial charge in [0, 0.05) is 48.8 Å². The van der Waals surface area contributed by atoms with Crippen molar-refractivity contribution < 1.29 is 29.0 Å². The molecule has 1 N–H and O–H groups in total. The van der Waals surface area contributed by atoms with E-state index in [1.807, 2.05) is 0 Å². The van der Waals surface area contributed by atoms with Crippen LogP contribution in [0.2, 0.25) is 0 Å². The van der Waals surface area contributed by atoms with Crippen molar-refractivity contribution in [2.24, 2.45) is 0 Å². The van der Waals surface area contributed by atoms with Gasteiger partial charge in [0.2, 0.25) is 0 Å². The van der Waals surface area contributed by atoms with Crippen molar-refractivity contribution in [3.8, 4) is 0 Å². The van der Waals surface area contributed by atoms with Gasteiger partial charge in [0.05, 0.1) is 17.2 Å². The summed E-state index contributed by atoms with van der Waals surface area (Å²) in [5, 5.41) is 9.51. The van der Waals surface area contributed by atoms with Crippen LogP contribution in [0.25, 0.3) is 0 Å². The van der Waals surface area contributed by atoms with E-state index < -0.39 is 11.2 Å². The van der Waals surface area contributed by atoms with Gasteiger partial charge in [-0.2, -0.15) is 0 Å². The van der Waals surface area contributed by atoms with Crippen LogP contribution < -0.4 is 0 Å². The first kappa shape index (κ1) is 20.8. The molecule has 8 nitrogen and oxygen atoms in total. The predicted molar refractivity (Wildman–Crippen MR) is 111 cm³/mol. The molecular weight excluding hydrogens is 412 g/mol. The standard InChI is InChI=1S/C12H13NO3.C12H11NO3/c2*14-8-1-4-12(5-2-8)10-7-13-6-3-9(10)11(15)16-12/h3,6-8,14H,1-2,4-5H2;3,6-7H,1-2,4-5H2. The summed E-state index contributed by atoms with van der Waals surface area (Å²) in [6.45, 7) is 0. The Morgan fingerprint density at radius 3 is 1.75 bits per heavy atom. The average Bonchev–Trinajstić information content (AvgIpc) is 3.25. The lowest BCUT2D eigenvalue weighted by molar-refractivity contribution is -0.125. The highest BCUT2D eigenvalue weighted by Gasteiger charge is 2.48. The fourth-order valence-electron chi connectivity index (χ4n) is 5.19. The van der Waals surface area contributed by atoms with Gasteiger partial charge >= 0.3 is 11.9 Å². The van der Waals surface area contributed by atoms with Crippen molar-refractivity contribution >= 4 is 17.7 Å². The second-order valence-corrected chi connectivity index (χ2v) is 8.88. The van der Waals surface area contributed by atoms with Crippen LogP contribution in [-0.2, 0) is 25.5 Å². The van der Waals surface area contributed by atoms with E-state index >= 15 is 0 Å². The number of aliphatic hydroxyl groups is 1. The molecule has 0 amide bonds. The molecule has 8 heteroatoms. The van der Waals surface area contributed by atoms with E-state index in [9.17, 15) is 19.5 Å². The topological polar surface area (TPSA) is 116 Å². The first-order chi connectivity index (χ1) is 15.4. The van der Waals surface area contributed by atoms with Crippen LogP contribution in [0.3, 0.4) is 0 Å². The number of fused-ring (bicyclic) bond motifs is 4. The van der Waals surface area contributed by atoms with E-state index in [0.29, 0.717) is 62.5 Å². The Kier molecular flexibility index (Phi) is 5.04. The van der Waals surface area contributed by atoms with Crippen LogP contribution in [0.5, 0.6) is 0 Å². The SMILES string of the molecule is O=C1CCC2(CC1)OC(=O)c1ccncc12.O=C1OC2(CCC(O)CC2)c2cnccc21. The maximum absolute atomic E-state index is 11.7. The number of rotatable bonds is 0. The smallest absolute Gasteiger partial charge is 0.339 e. The van der Waals surface area contributed by atoms with Crippen molar-refractivity contribution in [2.45, 2.75) is 68.7 Å². The molecule has 32 heavy (non-hydrogen) atoms. The summed E-state index contributed by atoms with van der Waals surface area (Å²) in [6.07, 6.45) is 11.3. The number of aromatic nitrogens is 2. The van der Waals surface area contributed by atoms with E-state index in [1.165, 1.54) is 0 Å². The molecule has 2 aliphatic heterocycles. The molecule has 0 saturated heterocycles. The molecule has 0 unspecified atom stereocenters. The number of carbonyl (C=O) groups excluding carboxylic acids is 3. The van der Waals surface area contributed by atoms with Gasteiger partial charge < -0.3 is 14.6 Å². The number of hydrogen-bond donors (Lipinski definition) is 1. The van der Waals surface area contributed by atoms with Gasteiger partial charge in [0.25, 0.3) is 0 Å². The first-order valence-corrected chi connectivity index (χ1v) is 11.0. The minimum atomic E-state index is -0.575. The molecule has 2 spiro atoms. The van der Waals surface area contributed by atoms with Crippen molar-refractivity contribution in [2.75, 3.05) is 0 Å². The van der Waals surface area contributed by atoms with Crippen LogP contribution in [0.15, 0.2) is 36.9 Å². The van der Waals surface area contributed by atoms with E-state index in [0.717, 1.165) is 11.1 Å². The van der Waals surface area contributed by atoms with Crippen LogP contribution in [0.1, 0.15) is 83.2 Å². The fraction of sp³-hybridized carbons (Fsp3) is 0.458. The maximum atomic E-state index is 11.7. The highest BCUT2D eigenvalue weighted by molar-refractivity contribution is 5.95. The zero-order valence-corrected chi connectivity index (χ0v) is 17.6. The van der Waals surface area contributed by atoms with Gasteiger partial charge in [-0.25, -0.2) is 9.59 Å². The molecule has 166 valence electrons. The average molecular weight is 436 g/mol. The lowest BCUT2D eigenvalue weighted by Gasteiger charge is -2.34. The number of aliphatic hydroxyl groups excluding tert-OH is 1. The Morgan fingerprint density at radius 2 is 1.25 bits per heavy atom. The molecule has 4 aliphatic rings. The molecule has 2 aromatic rings. The third-order valence-corrected chi connectivity index (χ3v) is 7.02. The monoisotopic (exact) mass is 436 g/mol. The third kappa shape index (κ3) is 3.39. The van der Waals surface area contributed by atoms with E-state index in [4.69, 9.17) is 9.47 Å². The van der Waals surface area contributed by atoms with Crippen LogP contribution in [-0.4, -0.2) is 38.9 Å². The second-order valence-electron chi connectivity index (χ2n) is 8.88. The van der Waals surface area contributed by atoms with Crippen LogP contribution in [0, 0.1) is 0 Å². The third-order valence-electron chi connectivity index (χ3n) is 7.02. The lowest BCUT2D eigenvalue weighted by Crippen LogP contribution is -2.33. The highest BCUT2D eigenvalue weighted by atomic mass is 16.6. The molecule has 2 fully saturated rings. The molecule has 0 aromatic carbocycles. The predicted octanol–water partition coefficient (Wildman–Crippen LogP) is 2.97. The van der Waals surface area contributed by atoms with Crippen molar-refractivity contribution in [3.05, 3.63) is 59.2 Å². The Morgan fingerprint density at radius 1 is 0.781 bits per heavy atom. The minimum Gasteiger partial charge on any atom is -0.450 e. The summed E-state index contributed by atoms with van der Waals surface area (Å²) in [5.41, 5.74) is 1.89. The van der Waals surface area contributed by atoms with E-state index in [2.05, 4.69) is 9.97 Å². The molecule has 6 rings (SSSR count). The zero-order chi connectivity index (χ0) is 22.3. The molecule has 0 atom stereocenters. The molecule has 0 radical (unpaired) electrons. The Balaban J connectivity index is 0.000000135. The highest BCUT2D eigenvalue weighted by Crippen LogP contribution is 2.47. The largest absolute Gasteiger partial charge is 0.450 e. The molecule has 2 saturated carbocycles. The number of ether oxygens (including phenoxy) is 2. The summed E-state index contributed by atoms with van der Waals surface area (Å²) in [5.74, 6) is -0.292. The van der Waals surface area contributed by atoms with Gasteiger partial charge in [0.15, 0.2) is 0 Å². The summed E-state index contributed by atoms with van der Waals surface area (Å²) >= 11 is 0. The zero-order valence-electron chi connectivity index (χ0n) is 17.6. The number of carbonyl (C=O) groups is 3. The van der Waals surface area contributed by atoms with Crippen LogP contribution >= 0.6 is 0 Å². The Bertz CT molecular complexity index is 1080. The first-order valence-electron chi connectivity index (χ1n) is 11.0. The molecule has 0 bridgehead atoms. The van der Waals surface area contributed by atoms with Crippen molar-refractivity contribution in [3.63, 3.8) is 0 Å². The fourth-order valence-corrected chi connectivity index (χ4v) is 5.19. The van der Waals surface area contributed by atoms with Crippen molar-refractivity contribution in [1.82, 2.24) is 9.97 Å². The van der Waals surface area contributed by atoms with Crippen molar-refractivity contribution in [1.29, 1.82) is 0 Å². The number of hydrogen-bond acceptors (Lipinski definition) is 8. The van der Waals surface area contributed by atoms with Gasteiger partial charge in [-0.15, -0.1) is 0 Å². The second kappa shape index (κ2) is 7.78. The quantitative estimate of drug-likeness (QED) is 0.627. The minimum absolute atomic E-state index is 0.249. The van der Waals surface area contributed by atoms with Gasteiger partial charge in [-0.1, -0.05) is 0 Å². The summed E-state index contributed by atoms with van der Waals surface area (Å²) < 4.78 is 11.0. The Labute approximate surface area is 185 Å². The maximum Gasteiger partial charge on any atom is 0.339 e. The van der Waals surface area contributed by atoms with Gasteiger partial charge in [-0.3, -0.25) is 14.8 Å². The molecule has 2 aliphatic carbocycles. The van der Waals surface area contributed by atoms with Gasteiger partial charge in [0.1, 0.15) is 17.0 Å². The number of ketones is 1. The normalized spacial score (nSPS) is 27.3. The summed E-state index contributed by atoms with van der Waals surface area (Å²) in [7, 11) is 0. The van der Waals surface area contributed by atoms with Gasteiger partial charge in [-0.05, 0) is 50.7 Å². The summed E-state index contributed by atoms with van der Waals surface area (Å²) in [6, 6.07) is 3.39. The number of nitrogens with zero attached hydrogens (tertiary/aromatic N) is 2. The number of esters is 2. The number of Topliss-reactive ketones (excluding diaryl/α,β-unsaturated/α-hetero) is 1. The summed E-state index contributed by atoms with van der Waals surface area (Å²) in [4.78, 5) is 42.7.